The van der Waals surface area contributed by atoms with Crippen LogP contribution in [-0.4, -0.2) is 24.9 Å². The summed E-state index contributed by atoms with van der Waals surface area (Å²) < 4.78 is 5.14. The van der Waals surface area contributed by atoms with Crippen LogP contribution in [0.1, 0.15) is 38.3 Å². The fourth-order valence-electron chi connectivity index (χ4n) is 1.76. The molecule has 1 rings (SSSR count). The molecule has 17 heavy (non-hydrogen) atoms. The van der Waals surface area contributed by atoms with Crippen LogP contribution in [0, 0.1) is 0 Å². The second-order valence-electron chi connectivity index (χ2n) is 4.20. The largest absolute Gasteiger partial charge is 0.497 e. The highest BCUT2D eigenvalue weighted by Gasteiger charge is 2.10. The molecule has 0 heterocycles. The first-order chi connectivity index (χ1) is 8.21. The maximum atomic E-state index is 9.55. The van der Waals surface area contributed by atoms with E-state index < -0.39 is 0 Å². The maximum absolute atomic E-state index is 9.55. The number of nitrogens with one attached hydrogen (secondary N) is 1. The summed E-state index contributed by atoms with van der Waals surface area (Å²) in [6, 6.07) is 8.37. The van der Waals surface area contributed by atoms with Crippen LogP contribution in [0.15, 0.2) is 24.3 Å². The minimum Gasteiger partial charge on any atom is -0.497 e. The Labute approximate surface area is 104 Å². The molecule has 2 N–H and O–H groups in total. The Hall–Kier alpha value is -1.06. The number of aliphatic hydroxyl groups excluding tert-OH is 1. The summed E-state index contributed by atoms with van der Waals surface area (Å²) in [6.45, 7) is 4.77. The molecule has 0 fully saturated rings. The van der Waals surface area contributed by atoms with E-state index in [2.05, 4.69) is 24.4 Å². The minimum atomic E-state index is -0.262. The Kier molecular flexibility index (Phi) is 6.01. The molecule has 0 aromatic heterocycles. The number of aliphatic hydroxyl groups is 1. The van der Waals surface area contributed by atoms with Gasteiger partial charge in [0.05, 0.1) is 13.2 Å². The zero-order valence-corrected chi connectivity index (χ0v) is 10.9. The first-order valence-electron chi connectivity index (χ1n) is 6.26. The van der Waals surface area contributed by atoms with Crippen molar-refractivity contribution < 1.29 is 9.84 Å². The van der Waals surface area contributed by atoms with Crippen molar-refractivity contribution >= 4 is 0 Å². The summed E-state index contributed by atoms with van der Waals surface area (Å²) in [6.07, 6.45) is 1.52. The highest BCUT2D eigenvalue weighted by Crippen LogP contribution is 2.19. The molecule has 3 nitrogen and oxygen atoms in total. The molecule has 0 aliphatic heterocycles. The lowest BCUT2D eigenvalue weighted by molar-refractivity contribution is 0.162. The Morgan fingerprint density at radius 3 is 2.29 bits per heavy atom. The van der Waals surface area contributed by atoms with Gasteiger partial charge in [-0.05, 0) is 30.5 Å². The normalized spacial score (nSPS) is 14.4. The van der Waals surface area contributed by atoms with Crippen molar-refractivity contribution in [2.75, 3.05) is 13.7 Å². The third kappa shape index (κ3) is 4.36. The Morgan fingerprint density at radius 2 is 1.82 bits per heavy atom. The van der Waals surface area contributed by atoms with Crippen LogP contribution in [0.25, 0.3) is 0 Å². The molecule has 1 aromatic rings. The van der Waals surface area contributed by atoms with Crippen molar-refractivity contribution in [3.63, 3.8) is 0 Å². The van der Waals surface area contributed by atoms with Crippen molar-refractivity contribution in [1.29, 1.82) is 0 Å². The monoisotopic (exact) mass is 237 g/mol. The topological polar surface area (TPSA) is 41.5 Å². The molecule has 0 amide bonds. The highest BCUT2D eigenvalue weighted by molar-refractivity contribution is 5.29. The van der Waals surface area contributed by atoms with Gasteiger partial charge >= 0.3 is 0 Å². The van der Waals surface area contributed by atoms with Gasteiger partial charge in [0.1, 0.15) is 5.75 Å². The third-order valence-corrected chi connectivity index (χ3v) is 3.00. The zero-order valence-electron chi connectivity index (χ0n) is 10.9. The number of rotatable bonds is 7. The van der Waals surface area contributed by atoms with Gasteiger partial charge in [0.15, 0.2) is 0 Å². The standard InChI is InChI=1S/C14H23NO2/c1-4-12(16)10-15-14(5-2)11-6-8-13(17-3)9-7-11/h6-9,12,14-16H,4-5,10H2,1-3H3. The van der Waals surface area contributed by atoms with Crippen LogP contribution >= 0.6 is 0 Å². The number of hydrogen-bond acceptors (Lipinski definition) is 3. The van der Waals surface area contributed by atoms with Crippen molar-refractivity contribution in [1.82, 2.24) is 5.32 Å². The van der Waals surface area contributed by atoms with E-state index >= 15 is 0 Å². The van der Waals surface area contributed by atoms with E-state index in [0.717, 1.165) is 18.6 Å². The summed E-state index contributed by atoms with van der Waals surface area (Å²) in [4.78, 5) is 0. The van der Waals surface area contributed by atoms with Crippen LogP contribution in [0.5, 0.6) is 5.75 Å². The number of benzene rings is 1. The Bertz CT molecular complexity index is 311. The predicted molar refractivity (Wildman–Crippen MR) is 70.3 cm³/mol. The molecule has 2 atom stereocenters. The van der Waals surface area contributed by atoms with Gasteiger partial charge in [-0.3, -0.25) is 0 Å². The maximum Gasteiger partial charge on any atom is 0.118 e. The van der Waals surface area contributed by atoms with Gasteiger partial charge in [0.25, 0.3) is 0 Å². The lowest BCUT2D eigenvalue weighted by Crippen LogP contribution is -2.29. The zero-order chi connectivity index (χ0) is 12.7. The number of ether oxygens (including phenoxy) is 1. The Balaban J connectivity index is 2.59. The molecule has 0 aliphatic carbocycles. The van der Waals surface area contributed by atoms with E-state index in [1.165, 1.54) is 5.56 Å². The molecule has 1 aromatic carbocycles. The van der Waals surface area contributed by atoms with Gasteiger partial charge in [-0.1, -0.05) is 26.0 Å². The van der Waals surface area contributed by atoms with E-state index in [4.69, 9.17) is 4.74 Å². The van der Waals surface area contributed by atoms with Gasteiger partial charge in [-0.15, -0.1) is 0 Å². The van der Waals surface area contributed by atoms with E-state index in [1.807, 2.05) is 19.1 Å². The van der Waals surface area contributed by atoms with E-state index in [-0.39, 0.29) is 6.10 Å². The molecule has 2 unspecified atom stereocenters. The van der Waals surface area contributed by atoms with Crippen molar-refractivity contribution in [2.24, 2.45) is 0 Å². The van der Waals surface area contributed by atoms with Crippen LogP contribution < -0.4 is 10.1 Å². The SMILES string of the molecule is CCC(O)CNC(CC)c1ccc(OC)cc1. The highest BCUT2D eigenvalue weighted by atomic mass is 16.5. The summed E-state index contributed by atoms with van der Waals surface area (Å²) in [5.41, 5.74) is 1.23. The van der Waals surface area contributed by atoms with Crippen molar-refractivity contribution in [3.8, 4) is 5.75 Å². The van der Waals surface area contributed by atoms with Gasteiger partial charge in [0, 0.05) is 12.6 Å². The summed E-state index contributed by atoms with van der Waals surface area (Å²) >= 11 is 0. The van der Waals surface area contributed by atoms with Crippen LogP contribution in [-0.2, 0) is 0 Å². The smallest absolute Gasteiger partial charge is 0.118 e. The molecule has 0 saturated carbocycles. The lowest BCUT2D eigenvalue weighted by Gasteiger charge is -2.19. The molecular formula is C14H23NO2. The molecule has 0 spiro atoms. The quantitative estimate of drug-likeness (QED) is 0.765. The van der Waals surface area contributed by atoms with Crippen LogP contribution in [0.2, 0.25) is 0 Å². The first-order valence-corrected chi connectivity index (χ1v) is 6.26. The fourth-order valence-corrected chi connectivity index (χ4v) is 1.76. The van der Waals surface area contributed by atoms with Gasteiger partial charge in [-0.25, -0.2) is 0 Å². The molecular weight excluding hydrogens is 214 g/mol. The molecule has 0 saturated heterocycles. The van der Waals surface area contributed by atoms with Gasteiger partial charge in [-0.2, -0.15) is 0 Å². The minimum absolute atomic E-state index is 0.262. The summed E-state index contributed by atoms with van der Waals surface area (Å²) in [7, 11) is 1.67. The van der Waals surface area contributed by atoms with Gasteiger partial charge in [0.2, 0.25) is 0 Å². The van der Waals surface area contributed by atoms with E-state index in [1.54, 1.807) is 7.11 Å². The average molecular weight is 237 g/mol. The Morgan fingerprint density at radius 1 is 1.18 bits per heavy atom. The van der Waals surface area contributed by atoms with Crippen molar-refractivity contribution in [3.05, 3.63) is 29.8 Å². The van der Waals surface area contributed by atoms with Gasteiger partial charge < -0.3 is 15.2 Å². The first kappa shape index (κ1) is 14.0. The van der Waals surface area contributed by atoms with Crippen LogP contribution in [0.4, 0.5) is 0 Å². The number of methoxy groups -OCH3 is 1. The van der Waals surface area contributed by atoms with E-state index in [9.17, 15) is 5.11 Å². The molecule has 0 bridgehead atoms. The lowest BCUT2D eigenvalue weighted by atomic mass is 10.0. The molecule has 0 aliphatic rings. The van der Waals surface area contributed by atoms with Crippen LogP contribution in [0.3, 0.4) is 0 Å². The second-order valence-corrected chi connectivity index (χ2v) is 4.20. The fraction of sp³-hybridized carbons (Fsp3) is 0.571. The average Bonchev–Trinajstić information content (AvgIpc) is 2.39. The summed E-state index contributed by atoms with van der Waals surface area (Å²) in [5.74, 6) is 0.872. The van der Waals surface area contributed by atoms with E-state index in [0.29, 0.717) is 12.6 Å². The third-order valence-electron chi connectivity index (χ3n) is 3.00. The number of hydrogen-bond donors (Lipinski definition) is 2. The second kappa shape index (κ2) is 7.30. The predicted octanol–water partition coefficient (Wildman–Crippen LogP) is 2.51. The molecule has 3 heteroatoms. The molecule has 0 radical (unpaired) electrons. The summed E-state index contributed by atoms with van der Waals surface area (Å²) in [5, 5.41) is 12.9. The molecule has 96 valence electrons. The van der Waals surface area contributed by atoms with Crippen molar-refractivity contribution in [2.45, 2.75) is 38.8 Å².